The maximum Gasteiger partial charge on any atom is 0.311 e. The number of carboxylic acids is 1. The van der Waals surface area contributed by atoms with Gasteiger partial charge in [-0.15, -0.1) is 0 Å². The van der Waals surface area contributed by atoms with Crippen LogP contribution in [0.3, 0.4) is 0 Å². The molecule has 5 aromatic rings. The number of nitrogens with zero attached hydrogens (tertiary/aromatic N) is 4. The Labute approximate surface area is 306 Å². The van der Waals surface area contributed by atoms with Crippen LogP contribution in [0.5, 0.6) is 17.4 Å². The average molecular weight is 725 g/mol. The molecule has 0 bridgehead atoms. The van der Waals surface area contributed by atoms with Gasteiger partial charge in [0, 0.05) is 79.4 Å². The van der Waals surface area contributed by atoms with Gasteiger partial charge in [0.2, 0.25) is 11.8 Å². The van der Waals surface area contributed by atoms with Crippen molar-refractivity contribution in [3.05, 3.63) is 83.0 Å². The van der Waals surface area contributed by atoms with E-state index in [1.807, 2.05) is 71.5 Å². The number of hydrogen-bond acceptors (Lipinski definition) is 9. The van der Waals surface area contributed by atoms with Crippen LogP contribution in [0.2, 0.25) is 5.02 Å². The van der Waals surface area contributed by atoms with Gasteiger partial charge in [0.05, 0.1) is 60.4 Å². The molecule has 4 heterocycles. The molecule has 1 atom stereocenters. The van der Waals surface area contributed by atoms with Crippen LogP contribution in [0.15, 0.2) is 66.9 Å². The van der Waals surface area contributed by atoms with Gasteiger partial charge in [-0.1, -0.05) is 48.0 Å². The van der Waals surface area contributed by atoms with E-state index in [9.17, 15) is 14.7 Å². The summed E-state index contributed by atoms with van der Waals surface area (Å²) in [5.41, 5.74) is 5.82. The van der Waals surface area contributed by atoms with E-state index in [1.165, 1.54) is 0 Å². The van der Waals surface area contributed by atoms with Gasteiger partial charge in [0.15, 0.2) is 0 Å². The van der Waals surface area contributed by atoms with E-state index in [2.05, 4.69) is 15.5 Å². The SMILES string of the molecule is COc1cc(-n2ncc3c(-c4cccc(-c5ccc(CNC[C@@H]6CCC(=O)N6)c(OC)n5)c4Cl)cccc32)cc(OC)c1CN1CC(C)(C(=O)O)C1. The molecule has 0 unspecified atom stereocenters. The number of carbonyl (C=O) groups is 2. The molecule has 3 aromatic carbocycles. The van der Waals surface area contributed by atoms with Crippen LogP contribution in [0.25, 0.3) is 39.0 Å². The normalized spacial score (nSPS) is 16.8. The van der Waals surface area contributed by atoms with Crippen molar-refractivity contribution >= 4 is 34.4 Å². The van der Waals surface area contributed by atoms with Crippen LogP contribution in [0.4, 0.5) is 0 Å². The maximum absolute atomic E-state index is 11.6. The Hall–Kier alpha value is -5.17. The summed E-state index contributed by atoms with van der Waals surface area (Å²) in [5.74, 6) is 1.06. The van der Waals surface area contributed by atoms with Gasteiger partial charge in [-0.3, -0.25) is 14.5 Å². The van der Waals surface area contributed by atoms with Crippen LogP contribution >= 0.6 is 11.6 Å². The molecule has 2 saturated heterocycles. The van der Waals surface area contributed by atoms with E-state index in [1.54, 1.807) is 28.3 Å². The van der Waals surface area contributed by atoms with Crippen molar-refractivity contribution in [1.29, 1.82) is 0 Å². The minimum absolute atomic E-state index is 0.0964. The van der Waals surface area contributed by atoms with Gasteiger partial charge < -0.3 is 30.0 Å². The lowest BCUT2D eigenvalue weighted by atomic mass is 9.82. The number of hydrogen-bond donors (Lipinski definition) is 3. The predicted octanol–water partition coefficient (Wildman–Crippen LogP) is 5.71. The standard InChI is InChI=1S/C39H41ClN6O6/c1-39(38(48)49)21-45(22-39)20-30-33(50-2)15-25(16-34(30)51-3)46-32-10-6-7-26(29(32)19-42-46)27-8-5-9-28(36(27)40)31-13-11-23(37(44-31)52-4)17-41-18-24-12-14-35(47)43-24/h5-11,13,15-16,19,24,41H,12,14,17-18,20-22H2,1-4H3,(H,43,47)(H,48,49)/t24-/m0/s1. The summed E-state index contributed by atoms with van der Waals surface area (Å²) in [6.45, 7) is 4.37. The number of halogens is 1. The summed E-state index contributed by atoms with van der Waals surface area (Å²) in [6, 6.07) is 19.8. The minimum Gasteiger partial charge on any atom is -0.496 e. The Kier molecular flexibility index (Phi) is 9.80. The highest BCUT2D eigenvalue weighted by atomic mass is 35.5. The van der Waals surface area contributed by atoms with E-state index in [0.29, 0.717) is 67.2 Å². The van der Waals surface area contributed by atoms with Crippen LogP contribution in [0.1, 0.15) is 30.9 Å². The Bertz CT molecular complexity index is 2140. The zero-order valence-corrected chi connectivity index (χ0v) is 30.3. The van der Waals surface area contributed by atoms with Crippen LogP contribution in [-0.4, -0.2) is 83.7 Å². The highest BCUT2D eigenvalue weighted by molar-refractivity contribution is 6.36. The molecule has 1 amide bonds. The van der Waals surface area contributed by atoms with E-state index in [0.717, 1.165) is 50.8 Å². The van der Waals surface area contributed by atoms with Crippen molar-refractivity contribution in [2.75, 3.05) is 41.0 Å². The molecule has 12 nitrogen and oxygen atoms in total. The van der Waals surface area contributed by atoms with E-state index >= 15 is 0 Å². The fourth-order valence-corrected chi connectivity index (χ4v) is 7.56. The molecule has 52 heavy (non-hydrogen) atoms. The monoisotopic (exact) mass is 724 g/mol. The first-order chi connectivity index (χ1) is 25.1. The first-order valence-electron chi connectivity index (χ1n) is 17.1. The fraction of sp³-hybridized carbons (Fsp3) is 0.333. The largest absolute Gasteiger partial charge is 0.496 e. The highest BCUT2D eigenvalue weighted by Crippen LogP contribution is 2.41. The third-order valence-corrected chi connectivity index (χ3v) is 10.4. The summed E-state index contributed by atoms with van der Waals surface area (Å²) in [5, 5.41) is 22.2. The lowest BCUT2D eigenvalue weighted by molar-refractivity contribution is -0.159. The number of ether oxygens (including phenoxy) is 3. The molecule has 0 saturated carbocycles. The Morgan fingerprint density at radius 1 is 1.02 bits per heavy atom. The number of carbonyl (C=O) groups excluding carboxylic acids is 1. The average Bonchev–Trinajstić information content (AvgIpc) is 3.77. The van der Waals surface area contributed by atoms with Crippen molar-refractivity contribution < 1.29 is 28.9 Å². The molecule has 2 fully saturated rings. The fourth-order valence-electron chi connectivity index (χ4n) is 7.23. The molecular formula is C39H41ClN6O6. The first kappa shape index (κ1) is 35.2. The number of methoxy groups -OCH3 is 3. The Morgan fingerprint density at radius 3 is 2.40 bits per heavy atom. The number of carboxylic acid groups (broad SMARTS) is 1. The summed E-state index contributed by atoms with van der Waals surface area (Å²) in [7, 11) is 4.83. The Balaban J connectivity index is 1.16. The van der Waals surface area contributed by atoms with Gasteiger partial charge in [0.1, 0.15) is 11.5 Å². The molecular weight excluding hydrogens is 684 g/mol. The van der Waals surface area contributed by atoms with Crippen LogP contribution in [-0.2, 0) is 22.7 Å². The molecule has 0 aliphatic carbocycles. The zero-order valence-electron chi connectivity index (χ0n) is 29.5. The first-order valence-corrected chi connectivity index (χ1v) is 17.5. The number of rotatable bonds is 13. The van der Waals surface area contributed by atoms with E-state index in [4.69, 9.17) is 35.9 Å². The zero-order chi connectivity index (χ0) is 36.6. The minimum atomic E-state index is -0.792. The third-order valence-electron chi connectivity index (χ3n) is 9.98. The van der Waals surface area contributed by atoms with Crippen molar-refractivity contribution in [3.8, 4) is 45.5 Å². The molecule has 2 aromatic heterocycles. The van der Waals surface area contributed by atoms with Gasteiger partial charge in [0.25, 0.3) is 0 Å². The van der Waals surface area contributed by atoms with Gasteiger partial charge >= 0.3 is 5.97 Å². The molecule has 270 valence electrons. The van der Waals surface area contributed by atoms with Crippen molar-refractivity contribution in [2.24, 2.45) is 5.41 Å². The molecule has 0 radical (unpaired) electrons. The second kappa shape index (κ2) is 14.5. The molecule has 13 heteroatoms. The smallest absolute Gasteiger partial charge is 0.311 e. The number of aliphatic carboxylic acids is 1. The number of fused-ring (bicyclic) bond motifs is 1. The molecule has 2 aliphatic rings. The number of nitrogens with one attached hydrogen (secondary N) is 2. The second-order valence-electron chi connectivity index (χ2n) is 13.6. The van der Waals surface area contributed by atoms with Crippen LogP contribution < -0.4 is 24.8 Å². The van der Waals surface area contributed by atoms with Gasteiger partial charge in [-0.05, 0) is 31.0 Å². The van der Waals surface area contributed by atoms with Crippen molar-refractivity contribution in [2.45, 2.75) is 38.9 Å². The second-order valence-corrected chi connectivity index (χ2v) is 14.0. The Morgan fingerprint density at radius 2 is 1.73 bits per heavy atom. The van der Waals surface area contributed by atoms with E-state index in [-0.39, 0.29) is 11.9 Å². The molecule has 2 aliphatic heterocycles. The summed E-state index contributed by atoms with van der Waals surface area (Å²) >= 11 is 7.17. The maximum atomic E-state index is 11.6. The van der Waals surface area contributed by atoms with Crippen molar-refractivity contribution in [3.63, 3.8) is 0 Å². The number of pyridine rings is 1. The number of aromatic nitrogens is 3. The number of amides is 1. The lowest BCUT2D eigenvalue weighted by Crippen LogP contribution is -2.58. The summed E-state index contributed by atoms with van der Waals surface area (Å²) in [4.78, 5) is 30.1. The topological polar surface area (TPSA) is 140 Å². The third kappa shape index (κ3) is 6.65. The molecule has 7 rings (SSSR count). The number of likely N-dealkylation sites (tertiary alicyclic amines) is 1. The predicted molar refractivity (Wildman–Crippen MR) is 198 cm³/mol. The molecule has 3 N–H and O–H groups in total. The van der Waals surface area contributed by atoms with Gasteiger partial charge in [-0.25, -0.2) is 9.67 Å². The van der Waals surface area contributed by atoms with Crippen LogP contribution in [0, 0.1) is 5.41 Å². The number of benzene rings is 3. The summed E-state index contributed by atoms with van der Waals surface area (Å²) in [6.07, 6.45) is 3.23. The van der Waals surface area contributed by atoms with Crippen molar-refractivity contribution in [1.82, 2.24) is 30.3 Å². The highest BCUT2D eigenvalue weighted by Gasteiger charge is 2.45. The van der Waals surface area contributed by atoms with Gasteiger partial charge in [-0.2, -0.15) is 5.10 Å². The quantitative estimate of drug-likeness (QED) is 0.138. The molecule has 0 spiro atoms. The van der Waals surface area contributed by atoms with E-state index < -0.39 is 11.4 Å². The summed E-state index contributed by atoms with van der Waals surface area (Å²) < 4.78 is 19.2. The lowest BCUT2D eigenvalue weighted by Gasteiger charge is -2.45.